The Kier molecular flexibility index (Phi) is 7.06. The predicted octanol–water partition coefficient (Wildman–Crippen LogP) is 5.50. The molecule has 10 heteroatoms. The van der Waals surface area contributed by atoms with E-state index in [1.54, 1.807) is 0 Å². The summed E-state index contributed by atoms with van der Waals surface area (Å²) < 4.78 is 85.3. The van der Waals surface area contributed by atoms with Gasteiger partial charge in [0, 0.05) is 5.41 Å². The monoisotopic (exact) mass is 488 g/mol. The molecule has 3 rings (SSSR count). The summed E-state index contributed by atoms with van der Waals surface area (Å²) in [5, 5.41) is 0. The molecule has 1 amide bonds. The molecule has 4 N–H and O–H groups in total. The van der Waals surface area contributed by atoms with Crippen molar-refractivity contribution in [2.45, 2.75) is 62.0 Å². The minimum absolute atomic E-state index is 0.0185. The Balaban J connectivity index is 1.89. The Bertz CT molecular complexity index is 980. The molecule has 1 fully saturated rings. The lowest BCUT2D eigenvalue weighted by Crippen LogP contribution is -2.56. The molecule has 34 heavy (non-hydrogen) atoms. The summed E-state index contributed by atoms with van der Waals surface area (Å²) in [4.78, 5) is 11.8. The van der Waals surface area contributed by atoms with Crippen LogP contribution in [0.1, 0.15) is 61.0 Å². The van der Waals surface area contributed by atoms with Gasteiger partial charge in [-0.3, -0.25) is 4.79 Å². The first kappa shape index (κ1) is 26.0. The maximum absolute atomic E-state index is 13.2. The van der Waals surface area contributed by atoms with Crippen molar-refractivity contribution in [1.82, 2.24) is 0 Å². The van der Waals surface area contributed by atoms with Gasteiger partial charge in [-0.15, -0.1) is 0 Å². The number of rotatable bonds is 6. The van der Waals surface area contributed by atoms with Gasteiger partial charge in [-0.1, -0.05) is 30.3 Å². The number of nitrogens with two attached hydrogens (primary N) is 2. The molecule has 0 radical (unpaired) electrons. The first-order chi connectivity index (χ1) is 15.7. The Morgan fingerprint density at radius 3 is 1.88 bits per heavy atom. The molecule has 2 aromatic rings. The lowest BCUT2D eigenvalue weighted by atomic mass is 9.64. The second kappa shape index (κ2) is 9.22. The van der Waals surface area contributed by atoms with E-state index in [-0.39, 0.29) is 31.1 Å². The van der Waals surface area contributed by atoms with Crippen molar-refractivity contribution < 1.29 is 35.9 Å². The van der Waals surface area contributed by atoms with Crippen molar-refractivity contribution in [3.63, 3.8) is 0 Å². The van der Waals surface area contributed by atoms with Crippen LogP contribution in [-0.2, 0) is 27.3 Å². The third-order valence-corrected chi connectivity index (χ3v) is 6.67. The van der Waals surface area contributed by atoms with Crippen LogP contribution in [0.5, 0.6) is 0 Å². The SMILES string of the molecule is C[C@@H](OCC1(c2ccccc2)CCC(N)(C(N)=O)CC1)c1cc(C(F)(F)F)cc(C(F)(F)F)c1. The summed E-state index contributed by atoms with van der Waals surface area (Å²) in [6.45, 7) is 1.43. The number of carbonyl (C=O) groups excluding carboxylic acids is 1. The fourth-order valence-corrected chi connectivity index (χ4v) is 4.32. The maximum Gasteiger partial charge on any atom is 0.416 e. The van der Waals surface area contributed by atoms with E-state index in [0.29, 0.717) is 25.0 Å². The van der Waals surface area contributed by atoms with E-state index in [4.69, 9.17) is 16.2 Å². The highest BCUT2D eigenvalue weighted by Gasteiger charge is 2.45. The maximum atomic E-state index is 13.2. The fraction of sp³-hybridized carbons (Fsp3) is 0.458. The number of ether oxygens (including phenoxy) is 1. The Hall–Kier alpha value is -2.59. The number of halogens is 6. The summed E-state index contributed by atoms with van der Waals surface area (Å²) in [6.07, 6.45) is -9.55. The van der Waals surface area contributed by atoms with Gasteiger partial charge in [0.2, 0.25) is 5.91 Å². The Morgan fingerprint density at radius 2 is 1.44 bits per heavy atom. The third-order valence-electron chi connectivity index (χ3n) is 6.67. The topological polar surface area (TPSA) is 78.3 Å². The van der Waals surface area contributed by atoms with Crippen molar-refractivity contribution >= 4 is 5.91 Å². The predicted molar refractivity (Wildman–Crippen MR) is 114 cm³/mol. The van der Waals surface area contributed by atoms with Crippen LogP contribution in [0.25, 0.3) is 0 Å². The minimum atomic E-state index is -4.94. The Labute approximate surface area is 193 Å². The second-order valence-electron chi connectivity index (χ2n) is 8.96. The van der Waals surface area contributed by atoms with Crippen LogP contribution in [0.3, 0.4) is 0 Å². The summed E-state index contributed by atoms with van der Waals surface area (Å²) in [7, 11) is 0. The van der Waals surface area contributed by atoms with Crippen molar-refractivity contribution in [2.24, 2.45) is 11.5 Å². The number of primary amides is 1. The smallest absolute Gasteiger partial charge is 0.373 e. The molecule has 0 aliphatic heterocycles. The molecule has 0 spiro atoms. The molecule has 0 aromatic heterocycles. The molecule has 1 aliphatic rings. The van der Waals surface area contributed by atoms with E-state index in [1.807, 2.05) is 30.3 Å². The van der Waals surface area contributed by atoms with Crippen LogP contribution < -0.4 is 11.5 Å². The number of amides is 1. The molecule has 0 saturated heterocycles. The molecule has 0 bridgehead atoms. The minimum Gasteiger partial charge on any atom is -0.373 e. The standard InChI is InChI=1S/C24H26F6N2O2/c1-15(16-11-18(23(25,26)27)13-19(12-16)24(28,29)30)34-14-21(17-5-3-2-4-6-17)7-9-22(32,10-8-21)20(31)33/h2-6,11-13,15H,7-10,14,32H2,1H3,(H2,31,33)/t15-,21?,22?/m1/s1. The van der Waals surface area contributed by atoms with E-state index >= 15 is 0 Å². The van der Waals surface area contributed by atoms with Crippen LogP contribution in [0, 0.1) is 0 Å². The first-order valence-corrected chi connectivity index (χ1v) is 10.7. The van der Waals surface area contributed by atoms with Crippen molar-refractivity contribution in [1.29, 1.82) is 0 Å². The lowest BCUT2D eigenvalue weighted by molar-refractivity contribution is -0.143. The van der Waals surface area contributed by atoms with Gasteiger partial charge >= 0.3 is 12.4 Å². The van der Waals surface area contributed by atoms with E-state index in [0.717, 1.165) is 5.56 Å². The third kappa shape index (κ3) is 5.55. The molecular weight excluding hydrogens is 462 g/mol. The average molecular weight is 488 g/mol. The first-order valence-electron chi connectivity index (χ1n) is 10.7. The Morgan fingerprint density at radius 1 is 0.941 bits per heavy atom. The van der Waals surface area contributed by atoms with Crippen molar-refractivity contribution in [2.75, 3.05) is 6.61 Å². The lowest BCUT2D eigenvalue weighted by Gasteiger charge is -2.44. The zero-order valence-corrected chi connectivity index (χ0v) is 18.5. The van der Waals surface area contributed by atoms with Gasteiger partial charge in [0.05, 0.1) is 29.4 Å². The molecule has 186 valence electrons. The van der Waals surface area contributed by atoms with E-state index in [9.17, 15) is 31.1 Å². The summed E-state index contributed by atoms with van der Waals surface area (Å²) in [6, 6.07) is 10.6. The van der Waals surface area contributed by atoms with Gasteiger partial charge in [0.15, 0.2) is 0 Å². The highest BCUT2D eigenvalue weighted by molar-refractivity contribution is 5.84. The van der Waals surface area contributed by atoms with Crippen molar-refractivity contribution in [3.05, 3.63) is 70.8 Å². The van der Waals surface area contributed by atoms with E-state index in [1.165, 1.54) is 6.92 Å². The molecule has 1 aliphatic carbocycles. The zero-order valence-electron chi connectivity index (χ0n) is 18.5. The molecular formula is C24H26F6N2O2. The number of benzene rings is 2. The fourth-order valence-electron chi connectivity index (χ4n) is 4.32. The number of carbonyl (C=O) groups is 1. The van der Waals surface area contributed by atoms with Gasteiger partial charge in [-0.05, 0) is 61.9 Å². The zero-order chi connectivity index (χ0) is 25.4. The quantitative estimate of drug-likeness (QED) is 0.528. The van der Waals surface area contributed by atoms with Crippen LogP contribution in [-0.4, -0.2) is 18.1 Å². The molecule has 1 saturated carbocycles. The molecule has 0 heterocycles. The molecule has 1 atom stereocenters. The number of hydrogen-bond donors (Lipinski definition) is 2. The van der Waals surface area contributed by atoms with Gasteiger partial charge in [0.1, 0.15) is 0 Å². The van der Waals surface area contributed by atoms with E-state index < -0.39 is 46.4 Å². The average Bonchev–Trinajstić information content (AvgIpc) is 2.78. The number of hydrogen-bond acceptors (Lipinski definition) is 3. The van der Waals surface area contributed by atoms with Crippen LogP contribution in [0.4, 0.5) is 26.3 Å². The summed E-state index contributed by atoms with van der Waals surface area (Å²) in [5.41, 5.74) is 7.65. The van der Waals surface area contributed by atoms with Crippen molar-refractivity contribution in [3.8, 4) is 0 Å². The van der Waals surface area contributed by atoms with Gasteiger partial charge in [-0.2, -0.15) is 26.3 Å². The normalized spacial score (nSPS) is 24.6. The highest BCUT2D eigenvalue weighted by atomic mass is 19.4. The summed E-state index contributed by atoms with van der Waals surface area (Å²) >= 11 is 0. The van der Waals surface area contributed by atoms with E-state index in [2.05, 4.69) is 0 Å². The van der Waals surface area contributed by atoms with Crippen LogP contribution in [0.15, 0.2) is 48.5 Å². The second-order valence-corrected chi connectivity index (χ2v) is 8.96. The number of alkyl halides is 6. The largest absolute Gasteiger partial charge is 0.416 e. The van der Waals surface area contributed by atoms with Crippen LogP contribution >= 0.6 is 0 Å². The molecule has 2 aromatic carbocycles. The van der Waals surface area contributed by atoms with Gasteiger partial charge in [-0.25, -0.2) is 0 Å². The molecule has 4 nitrogen and oxygen atoms in total. The van der Waals surface area contributed by atoms with Crippen LogP contribution in [0.2, 0.25) is 0 Å². The van der Waals surface area contributed by atoms with Gasteiger partial charge in [0.25, 0.3) is 0 Å². The van der Waals surface area contributed by atoms with Gasteiger partial charge < -0.3 is 16.2 Å². The molecule has 0 unspecified atom stereocenters. The summed E-state index contributed by atoms with van der Waals surface area (Å²) in [5.74, 6) is -0.618. The highest BCUT2D eigenvalue weighted by Crippen LogP contribution is 2.44.